The number of hydrogen-bond donors (Lipinski definition) is 1. The molecule has 9 heteroatoms. The summed E-state index contributed by atoms with van der Waals surface area (Å²) in [7, 11) is -3.72. The summed E-state index contributed by atoms with van der Waals surface area (Å²) in [6.45, 7) is 4.71. The van der Waals surface area contributed by atoms with Crippen molar-refractivity contribution in [1.29, 1.82) is 0 Å². The average Bonchev–Trinajstić information content (AvgIpc) is 2.86. The quantitative estimate of drug-likeness (QED) is 0.533. The first-order chi connectivity index (χ1) is 16.4. The van der Waals surface area contributed by atoms with Gasteiger partial charge in [-0.1, -0.05) is 48.5 Å². The van der Waals surface area contributed by atoms with Gasteiger partial charge >= 0.3 is 0 Å². The topological polar surface area (TPSA) is 99.8 Å². The zero-order valence-electron chi connectivity index (χ0n) is 19.1. The minimum Gasteiger partial charge on any atom is -0.368 e. The van der Waals surface area contributed by atoms with Crippen LogP contribution in [0.25, 0.3) is 0 Å². The van der Waals surface area contributed by atoms with Gasteiger partial charge in [-0.05, 0) is 36.8 Å². The van der Waals surface area contributed by atoms with Crippen molar-refractivity contribution in [2.24, 2.45) is 5.73 Å². The van der Waals surface area contributed by atoms with Gasteiger partial charge in [0.2, 0.25) is 5.91 Å². The van der Waals surface area contributed by atoms with E-state index in [4.69, 9.17) is 5.73 Å². The van der Waals surface area contributed by atoms with Crippen molar-refractivity contribution in [3.8, 4) is 0 Å². The minimum absolute atomic E-state index is 0.151. The van der Waals surface area contributed by atoms with Crippen LogP contribution >= 0.6 is 0 Å². The third-order valence-corrected chi connectivity index (χ3v) is 7.91. The molecule has 0 unspecified atom stereocenters. The summed E-state index contributed by atoms with van der Waals surface area (Å²) in [5, 5.41) is 0. The summed E-state index contributed by atoms with van der Waals surface area (Å²) in [4.78, 5) is 20.9. The van der Waals surface area contributed by atoms with E-state index in [2.05, 4.69) is 14.8 Å². The van der Waals surface area contributed by atoms with Crippen LogP contribution in [0.1, 0.15) is 18.5 Å². The Morgan fingerprint density at radius 1 is 0.971 bits per heavy atom. The van der Waals surface area contributed by atoms with Gasteiger partial charge in [0.15, 0.2) is 0 Å². The number of nitrogens with two attached hydrogens (primary N) is 1. The molecule has 0 saturated carbocycles. The fourth-order valence-electron chi connectivity index (χ4n) is 4.32. The highest BCUT2D eigenvalue weighted by molar-refractivity contribution is 7.92. The lowest BCUT2D eigenvalue weighted by Crippen LogP contribution is -2.50. The first kappa shape index (κ1) is 23.7. The van der Waals surface area contributed by atoms with Crippen LogP contribution < -0.4 is 14.9 Å². The van der Waals surface area contributed by atoms with Gasteiger partial charge in [-0.15, -0.1) is 0 Å². The van der Waals surface area contributed by atoms with E-state index in [1.807, 2.05) is 48.5 Å². The molecule has 2 aromatic carbocycles. The number of primary amides is 1. The van der Waals surface area contributed by atoms with Crippen LogP contribution in [-0.4, -0.2) is 56.9 Å². The molecule has 0 spiro atoms. The smallest absolute Gasteiger partial charge is 0.265 e. The van der Waals surface area contributed by atoms with Gasteiger partial charge in [0.1, 0.15) is 16.8 Å². The van der Waals surface area contributed by atoms with Gasteiger partial charge in [0.25, 0.3) is 10.0 Å². The predicted molar refractivity (Wildman–Crippen MR) is 133 cm³/mol. The van der Waals surface area contributed by atoms with Crippen molar-refractivity contribution in [2.45, 2.75) is 17.9 Å². The number of rotatable bonds is 8. The maximum Gasteiger partial charge on any atom is 0.265 e. The van der Waals surface area contributed by atoms with E-state index in [-0.39, 0.29) is 10.8 Å². The molecule has 8 nitrogen and oxygen atoms in total. The van der Waals surface area contributed by atoms with E-state index in [1.165, 1.54) is 10.5 Å². The molecule has 4 rings (SSSR count). The van der Waals surface area contributed by atoms with Crippen LogP contribution in [0.4, 0.5) is 11.5 Å². The Balaban J connectivity index is 1.45. The zero-order chi connectivity index (χ0) is 24.1. The third-order valence-electron chi connectivity index (χ3n) is 6.03. The second-order valence-electron chi connectivity index (χ2n) is 8.10. The molecule has 0 bridgehead atoms. The van der Waals surface area contributed by atoms with Crippen molar-refractivity contribution in [1.82, 2.24) is 9.88 Å². The van der Waals surface area contributed by atoms with Crippen molar-refractivity contribution >= 4 is 27.4 Å². The van der Waals surface area contributed by atoms with E-state index < -0.39 is 16.1 Å². The number of anilines is 2. The number of benzene rings is 2. The van der Waals surface area contributed by atoms with E-state index in [1.54, 1.807) is 31.2 Å². The number of carbonyl (C=O) groups is 1. The second kappa shape index (κ2) is 10.2. The Kier molecular flexibility index (Phi) is 7.14. The number of piperazine rings is 1. The number of nitrogens with zero attached hydrogens (tertiary/aromatic N) is 4. The van der Waals surface area contributed by atoms with Crippen molar-refractivity contribution in [3.63, 3.8) is 0 Å². The number of aromatic nitrogens is 1. The molecule has 1 saturated heterocycles. The van der Waals surface area contributed by atoms with Gasteiger partial charge in [0.05, 0.1) is 5.69 Å². The number of hydrogen-bond acceptors (Lipinski definition) is 6. The molecular formula is C25H29N5O3S. The molecule has 1 aromatic heterocycles. The fraction of sp³-hybridized carbons (Fsp3) is 0.280. The van der Waals surface area contributed by atoms with Crippen LogP contribution in [0.5, 0.6) is 0 Å². The molecule has 2 heterocycles. The molecule has 3 aromatic rings. The molecule has 1 amide bonds. The van der Waals surface area contributed by atoms with E-state index in [0.717, 1.165) is 5.56 Å². The van der Waals surface area contributed by atoms with E-state index in [0.29, 0.717) is 44.2 Å². The molecule has 1 fully saturated rings. The van der Waals surface area contributed by atoms with Gasteiger partial charge in [0, 0.05) is 38.9 Å². The first-order valence-corrected chi connectivity index (χ1v) is 12.7. The summed E-state index contributed by atoms with van der Waals surface area (Å²) < 4.78 is 27.8. The van der Waals surface area contributed by atoms with E-state index >= 15 is 0 Å². The molecule has 1 aliphatic heterocycles. The number of amides is 1. The van der Waals surface area contributed by atoms with Gasteiger partial charge in [-0.3, -0.25) is 14.0 Å². The fourth-order valence-corrected chi connectivity index (χ4v) is 5.74. The lowest BCUT2D eigenvalue weighted by molar-refractivity contribution is -0.123. The van der Waals surface area contributed by atoms with Gasteiger partial charge in [-0.2, -0.15) is 0 Å². The minimum atomic E-state index is -3.72. The van der Waals surface area contributed by atoms with E-state index in [9.17, 15) is 13.2 Å². The number of pyridine rings is 1. The maximum atomic E-state index is 13.2. The Hall–Kier alpha value is -3.43. The van der Waals surface area contributed by atoms with Crippen LogP contribution in [0.15, 0.2) is 83.9 Å². The number of carbonyl (C=O) groups excluding carboxylic acids is 1. The largest absolute Gasteiger partial charge is 0.368 e. The summed E-state index contributed by atoms with van der Waals surface area (Å²) in [5.41, 5.74) is 7.22. The Morgan fingerprint density at radius 3 is 2.12 bits per heavy atom. The monoisotopic (exact) mass is 479 g/mol. The summed E-state index contributed by atoms with van der Waals surface area (Å²) in [6, 6.07) is 21.4. The first-order valence-electron chi connectivity index (χ1n) is 11.3. The molecule has 1 atom stereocenters. The highest BCUT2D eigenvalue weighted by Gasteiger charge is 2.30. The molecular weight excluding hydrogens is 450 g/mol. The molecule has 34 heavy (non-hydrogen) atoms. The van der Waals surface area contributed by atoms with Crippen LogP contribution in [0.3, 0.4) is 0 Å². The maximum absolute atomic E-state index is 13.2. The molecule has 0 aliphatic carbocycles. The summed E-state index contributed by atoms with van der Waals surface area (Å²) in [6.07, 6.45) is 1.42. The lowest BCUT2D eigenvalue weighted by atomic mass is 10.0. The normalized spacial score (nSPS) is 15.6. The third kappa shape index (κ3) is 4.90. The van der Waals surface area contributed by atoms with Crippen molar-refractivity contribution in [2.75, 3.05) is 41.9 Å². The second-order valence-corrected chi connectivity index (χ2v) is 9.96. The van der Waals surface area contributed by atoms with Crippen LogP contribution in [0.2, 0.25) is 0 Å². The standard InChI is InChI=1S/C25H29N5O3S/c1-2-30(21-11-7-4-8-12-21)34(32,33)22-13-14-23(27-19-22)28-15-17-29(18-16-28)24(25(26)31)20-9-5-3-6-10-20/h3-14,19,24H,2,15-18H2,1H3,(H2,26,31)/t24-/m1/s1. The summed E-state index contributed by atoms with van der Waals surface area (Å²) >= 11 is 0. The van der Waals surface area contributed by atoms with Gasteiger partial charge in [-0.25, -0.2) is 13.4 Å². The van der Waals surface area contributed by atoms with Crippen LogP contribution in [0, 0.1) is 0 Å². The number of sulfonamides is 1. The van der Waals surface area contributed by atoms with Gasteiger partial charge < -0.3 is 10.6 Å². The van der Waals surface area contributed by atoms with Crippen molar-refractivity contribution < 1.29 is 13.2 Å². The molecule has 2 N–H and O–H groups in total. The summed E-state index contributed by atoms with van der Waals surface area (Å²) in [5.74, 6) is 0.336. The molecule has 1 aliphatic rings. The molecule has 178 valence electrons. The SMILES string of the molecule is CCN(c1ccccc1)S(=O)(=O)c1ccc(N2CCN([C@@H](C(N)=O)c3ccccc3)CC2)nc1. The Morgan fingerprint density at radius 2 is 1.59 bits per heavy atom. The number of para-hydroxylation sites is 1. The zero-order valence-corrected chi connectivity index (χ0v) is 19.9. The van der Waals surface area contributed by atoms with Crippen LogP contribution in [-0.2, 0) is 14.8 Å². The highest BCUT2D eigenvalue weighted by atomic mass is 32.2. The highest BCUT2D eigenvalue weighted by Crippen LogP contribution is 2.26. The lowest BCUT2D eigenvalue weighted by Gasteiger charge is -2.38. The predicted octanol–water partition coefficient (Wildman–Crippen LogP) is 2.65. The average molecular weight is 480 g/mol. The Labute approximate surface area is 200 Å². The van der Waals surface area contributed by atoms with Crippen molar-refractivity contribution in [3.05, 3.63) is 84.6 Å². The molecule has 0 radical (unpaired) electrons. The Bertz CT molecular complexity index is 1200.